The monoisotopic (exact) mass is 319 g/mol. The van der Waals surface area contributed by atoms with Crippen molar-refractivity contribution in [1.82, 2.24) is 9.88 Å². The first-order valence-corrected chi connectivity index (χ1v) is 8.29. The average Bonchev–Trinajstić information content (AvgIpc) is 2.98. The van der Waals surface area contributed by atoms with Crippen molar-refractivity contribution < 1.29 is 4.79 Å². The van der Waals surface area contributed by atoms with Gasteiger partial charge in [-0.25, -0.2) is 0 Å². The van der Waals surface area contributed by atoms with Gasteiger partial charge in [-0.15, -0.1) is 0 Å². The van der Waals surface area contributed by atoms with Crippen LogP contribution in [-0.2, 0) is 13.0 Å². The zero-order chi connectivity index (χ0) is 16.7. The lowest BCUT2D eigenvalue weighted by Crippen LogP contribution is -2.36. The standard InChI is InChI=1S/C20H21N3O/c1-22(2)19-10-6-4-8-16(19)20(24)23-12-11-15-14-7-3-5-9-17(14)21-18(15)13-23/h3-10,21H,11-13H2,1-2H3. The van der Waals surface area contributed by atoms with E-state index in [1.807, 2.05) is 54.2 Å². The van der Waals surface area contributed by atoms with Gasteiger partial charge in [-0.1, -0.05) is 30.3 Å². The number of anilines is 1. The molecule has 1 aliphatic rings. The molecule has 0 bridgehead atoms. The molecule has 0 fully saturated rings. The number of hydrogen-bond acceptors (Lipinski definition) is 2. The summed E-state index contributed by atoms with van der Waals surface area (Å²) in [6.07, 6.45) is 0.898. The molecule has 4 nitrogen and oxygen atoms in total. The second-order valence-electron chi connectivity index (χ2n) is 6.52. The normalized spacial score (nSPS) is 13.8. The molecule has 1 amide bonds. The van der Waals surface area contributed by atoms with Crippen LogP contribution in [0.2, 0.25) is 0 Å². The van der Waals surface area contributed by atoms with E-state index in [2.05, 4.69) is 23.2 Å². The van der Waals surface area contributed by atoms with E-state index in [4.69, 9.17) is 0 Å². The van der Waals surface area contributed by atoms with Crippen LogP contribution in [0.25, 0.3) is 10.9 Å². The van der Waals surface area contributed by atoms with Crippen LogP contribution < -0.4 is 4.90 Å². The molecular formula is C20H21N3O. The molecule has 4 heteroatoms. The molecule has 1 aromatic heterocycles. The maximum atomic E-state index is 13.0. The molecule has 2 heterocycles. The van der Waals surface area contributed by atoms with Crippen LogP contribution >= 0.6 is 0 Å². The smallest absolute Gasteiger partial charge is 0.256 e. The lowest BCUT2D eigenvalue weighted by molar-refractivity contribution is 0.0733. The van der Waals surface area contributed by atoms with Crippen molar-refractivity contribution in [1.29, 1.82) is 0 Å². The van der Waals surface area contributed by atoms with Crippen LogP contribution in [0.15, 0.2) is 48.5 Å². The number of nitrogens with one attached hydrogen (secondary N) is 1. The Morgan fingerprint density at radius 3 is 2.67 bits per heavy atom. The number of rotatable bonds is 2. The van der Waals surface area contributed by atoms with Gasteiger partial charge in [0, 0.05) is 42.9 Å². The summed E-state index contributed by atoms with van der Waals surface area (Å²) in [7, 11) is 3.94. The molecule has 24 heavy (non-hydrogen) atoms. The highest BCUT2D eigenvalue weighted by atomic mass is 16.2. The summed E-state index contributed by atoms with van der Waals surface area (Å²) in [5, 5.41) is 1.29. The quantitative estimate of drug-likeness (QED) is 0.786. The summed E-state index contributed by atoms with van der Waals surface area (Å²) in [4.78, 5) is 20.5. The van der Waals surface area contributed by atoms with Crippen LogP contribution in [0.1, 0.15) is 21.6 Å². The molecule has 0 saturated heterocycles. The molecule has 0 spiro atoms. The molecule has 3 aromatic rings. The molecule has 0 aliphatic carbocycles. The van der Waals surface area contributed by atoms with E-state index in [9.17, 15) is 4.79 Å². The summed E-state index contributed by atoms with van der Waals surface area (Å²) in [5.41, 5.74) is 5.41. The van der Waals surface area contributed by atoms with E-state index in [0.29, 0.717) is 6.54 Å². The van der Waals surface area contributed by atoms with E-state index >= 15 is 0 Å². The Morgan fingerprint density at radius 2 is 1.83 bits per heavy atom. The predicted octanol–water partition coefficient (Wildman–Crippen LogP) is 3.43. The molecule has 122 valence electrons. The number of para-hydroxylation sites is 2. The van der Waals surface area contributed by atoms with Gasteiger partial charge < -0.3 is 14.8 Å². The van der Waals surface area contributed by atoms with E-state index in [1.54, 1.807) is 0 Å². The van der Waals surface area contributed by atoms with Crippen molar-refractivity contribution in [2.24, 2.45) is 0 Å². The minimum Gasteiger partial charge on any atom is -0.377 e. The SMILES string of the molecule is CN(C)c1ccccc1C(=O)N1CCc2c([nH]c3ccccc23)C1. The summed E-state index contributed by atoms with van der Waals surface area (Å²) < 4.78 is 0. The average molecular weight is 319 g/mol. The van der Waals surface area contributed by atoms with E-state index < -0.39 is 0 Å². The first-order chi connectivity index (χ1) is 11.6. The van der Waals surface area contributed by atoms with Crippen molar-refractivity contribution in [3.63, 3.8) is 0 Å². The predicted molar refractivity (Wildman–Crippen MR) is 97.5 cm³/mol. The van der Waals surface area contributed by atoms with Crippen molar-refractivity contribution in [3.8, 4) is 0 Å². The highest BCUT2D eigenvalue weighted by Crippen LogP contribution is 2.29. The molecule has 0 atom stereocenters. The first-order valence-electron chi connectivity index (χ1n) is 8.29. The molecule has 0 saturated carbocycles. The van der Waals surface area contributed by atoms with Crippen molar-refractivity contribution in [2.75, 3.05) is 25.5 Å². The third-order valence-corrected chi connectivity index (χ3v) is 4.79. The van der Waals surface area contributed by atoms with Gasteiger partial charge in [0.15, 0.2) is 0 Å². The zero-order valence-corrected chi connectivity index (χ0v) is 14.0. The number of benzene rings is 2. The fourth-order valence-corrected chi connectivity index (χ4v) is 3.58. The fraction of sp³-hybridized carbons (Fsp3) is 0.250. The Bertz CT molecular complexity index is 910. The largest absolute Gasteiger partial charge is 0.377 e. The van der Waals surface area contributed by atoms with Crippen LogP contribution in [0.4, 0.5) is 5.69 Å². The maximum Gasteiger partial charge on any atom is 0.256 e. The Morgan fingerprint density at radius 1 is 1.08 bits per heavy atom. The van der Waals surface area contributed by atoms with Crippen LogP contribution in [0.3, 0.4) is 0 Å². The second kappa shape index (κ2) is 5.71. The van der Waals surface area contributed by atoms with Gasteiger partial charge in [-0.2, -0.15) is 0 Å². The Hall–Kier alpha value is -2.75. The Balaban J connectivity index is 1.66. The van der Waals surface area contributed by atoms with Crippen molar-refractivity contribution in [2.45, 2.75) is 13.0 Å². The number of carbonyl (C=O) groups excluding carboxylic acids is 1. The van der Waals surface area contributed by atoms with Crippen LogP contribution in [0.5, 0.6) is 0 Å². The van der Waals surface area contributed by atoms with Crippen molar-refractivity contribution in [3.05, 3.63) is 65.4 Å². The second-order valence-corrected chi connectivity index (χ2v) is 6.52. The fourth-order valence-electron chi connectivity index (χ4n) is 3.58. The minimum absolute atomic E-state index is 0.101. The molecule has 4 rings (SSSR count). The van der Waals surface area contributed by atoms with E-state index in [0.717, 1.165) is 35.4 Å². The summed E-state index contributed by atoms with van der Waals surface area (Å²) in [6.45, 7) is 1.40. The summed E-state index contributed by atoms with van der Waals surface area (Å²) >= 11 is 0. The Labute approximate surface area is 141 Å². The number of amides is 1. The number of fused-ring (bicyclic) bond motifs is 3. The lowest BCUT2D eigenvalue weighted by atomic mass is 10.0. The van der Waals surface area contributed by atoms with E-state index in [1.165, 1.54) is 10.9 Å². The molecule has 2 aromatic carbocycles. The third-order valence-electron chi connectivity index (χ3n) is 4.79. The van der Waals surface area contributed by atoms with Gasteiger partial charge in [0.2, 0.25) is 0 Å². The number of carbonyl (C=O) groups is 1. The van der Waals surface area contributed by atoms with Gasteiger partial charge in [0.25, 0.3) is 5.91 Å². The summed E-state index contributed by atoms with van der Waals surface area (Å²) in [5.74, 6) is 0.101. The van der Waals surface area contributed by atoms with Gasteiger partial charge in [-0.3, -0.25) is 4.79 Å². The topological polar surface area (TPSA) is 39.3 Å². The highest BCUT2D eigenvalue weighted by molar-refractivity contribution is 6.00. The number of nitrogens with zero attached hydrogens (tertiary/aromatic N) is 2. The van der Waals surface area contributed by atoms with Gasteiger partial charge in [-0.05, 0) is 30.2 Å². The zero-order valence-electron chi connectivity index (χ0n) is 14.0. The first kappa shape index (κ1) is 14.8. The van der Waals surface area contributed by atoms with Crippen LogP contribution in [0, 0.1) is 0 Å². The molecular weight excluding hydrogens is 298 g/mol. The van der Waals surface area contributed by atoms with Crippen LogP contribution in [-0.4, -0.2) is 36.4 Å². The van der Waals surface area contributed by atoms with Gasteiger partial charge >= 0.3 is 0 Å². The number of aromatic amines is 1. The molecule has 0 unspecified atom stereocenters. The molecule has 1 N–H and O–H groups in total. The highest BCUT2D eigenvalue weighted by Gasteiger charge is 2.26. The molecule has 0 radical (unpaired) electrons. The molecule has 1 aliphatic heterocycles. The number of hydrogen-bond donors (Lipinski definition) is 1. The van der Waals surface area contributed by atoms with Gasteiger partial charge in [0.05, 0.1) is 12.1 Å². The Kier molecular flexibility index (Phi) is 3.53. The number of aromatic nitrogens is 1. The maximum absolute atomic E-state index is 13.0. The minimum atomic E-state index is 0.101. The third kappa shape index (κ3) is 2.35. The number of H-pyrrole nitrogens is 1. The van der Waals surface area contributed by atoms with E-state index in [-0.39, 0.29) is 5.91 Å². The van der Waals surface area contributed by atoms with Crippen molar-refractivity contribution >= 4 is 22.5 Å². The lowest BCUT2D eigenvalue weighted by Gasteiger charge is -2.28. The van der Waals surface area contributed by atoms with Gasteiger partial charge in [0.1, 0.15) is 0 Å². The summed E-state index contributed by atoms with van der Waals surface area (Å²) in [6, 6.07) is 16.2.